The summed E-state index contributed by atoms with van der Waals surface area (Å²) in [6.07, 6.45) is 0. The number of benzene rings is 2. The van der Waals surface area contributed by atoms with Crippen LogP contribution in [0.1, 0.15) is 5.56 Å². The maximum absolute atomic E-state index is 6.13. The molecule has 6 heteroatoms. The zero-order chi connectivity index (χ0) is 15.5. The molecule has 112 valence electrons. The van der Waals surface area contributed by atoms with Crippen LogP contribution in [-0.4, -0.2) is 5.16 Å². The van der Waals surface area contributed by atoms with Crippen LogP contribution >= 0.6 is 34.8 Å². The summed E-state index contributed by atoms with van der Waals surface area (Å²) < 4.78 is 5.27. The van der Waals surface area contributed by atoms with Crippen LogP contribution in [0.15, 0.2) is 53.1 Å². The van der Waals surface area contributed by atoms with Crippen molar-refractivity contribution in [1.82, 2.24) is 5.16 Å². The topological polar surface area (TPSA) is 38.1 Å². The second-order valence-electron chi connectivity index (χ2n) is 4.67. The monoisotopic (exact) mass is 352 g/mol. The molecule has 0 radical (unpaired) electrons. The molecule has 3 rings (SSSR count). The highest BCUT2D eigenvalue weighted by atomic mass is 35.5. The summed E-state index contributed by atoms with van der Waals surface area (Å²) in [6.45, 7) is 0.519. The molecule has 3 aromatic rings. The van der Waals surface area contributed by atoms with Crippen molar-refractivity contribution in [3.63, 3.8) is 0 Å². The fraction of sp³-hybridized carbons (Fsp3) is 0.0625. The predicted octanol–water partition coefficient (Wildman–Crippen LogP) is 5.91. The highest BCUT2D eigenvalue weighted by molar-refractivity contribution is 6.35. The molecule has 0 spiro atoms. The van der Waals surface area contributed by atoms with E-state index in [0.717, 1.165) is 16.8 Å². The maximum Gasteiger partial charge on any atom is 0.225 e. The predicted molar refractivity (Wildman–Crippen MR) is 90.7 cm³/mol. The number of hydrogen-bond donors (Lipinski definition) is 1. The Bertz CT molecular complexity index is 784. The summed E-state index contributed by atoms with van der Waals surface area (Å²) >= 11 is 17.9. The van der Waals surface area contributed by atoms with Crippen LogP contribution in [0.5, 0.6) is 0 Å². The van der Waals surface area contributed by atoms with Crippen LogP contribution in [0.2, 0.25) is 15.1 Å². The summed E-state index contributed by atoms with van der Waals surface area (Å²) in [5.74, 6) is 0.566. The van der Waals surface area contributed by atoms with Crippen molar-refractivity contribution in [2.75, 3.05) is 5.32 Å². The first-order chi connectivity index (χ1) is 10.6. The van der Waals surface area contributed by atoms with Crippen LogP contribution in [-0.2, 0) is 6.54 Å². The molecule has 0 aliphatic rings. The summed E-state index contributed by atoms with van der Waals surface area (Å²) in [5, 5.41) is 9.07. The lowest BCUT2D eigenvalue weighted by Gasteiger charge is -2.05. The number of hydrogen-bond acceptors (Lipinski definition) is 3. The third kappa shape index (κ3) is 3.55. The number of aromatic nitrogens is 1. The van der Waals surface area contributed by atoms with E-state index in [1.165, 1.54) is 0 Å². The number of nitrogens with zero attached hydrogens (tertiary/aromatic N) is 1. The summed E-state index contributed by atoms with van der Waals surface area (Å²) in [6, 6.07) is 14.6. The van der Waals surface area contributed by atoms with Crippen LogP contribution in [0, 0.1) is 0 Å². The van der Waals surface area contributed by atoms with Gasteiger partial charge in [-0.2, -0.15) is 0 Å². The summed E-state index contributed by atoms with van der Waals surface area (Å²) in [7, 11) is 0. The zero-order valence-electron chi connectivity index (χ0n) is 11.3. The van der Waals surface area contributed by atoms with Crippen LogP contribution in [0.25, 0.3) is 11.3 Å². The highest BCUT2D eigenvalue weighted by Crippen LogP contribution is 2.25. The summed E-state index contributed by atoms with van der Waals surface area (Å²) in [5.41, 5.74) is 2.60. The van der Waals surface area contributed by atoms with Gasteiger partial charge in [-0.25, -0.2) is 0 Å². The summed E-state index contributed by atoms with van der Waals surface area (Å²) in [4.78, 5) is 0. The Labute approximate surface area is 142 Å². The molecule has 3 nitrogen and oxygen atoms in total. The molecular formula is C16H11Cl3N2O. The van der Waals surface area contributed by atoms with E-state index in [9.17, 15) is 0 Å². The molecular weight excluding hydrogens is 343 g/mol. The van der Waals surface area contributed by atoms with Gasteiger partial charge in [0, 0.05) is 33.2 Å². The molecule has 0 aliphatic heterocycles. The average molecular weight is 354 g/mol. The molecule has 0 unspecified atom stereocenters. The van der Waals surface area contributed by atoms with E-state index in [2.05, 4.69) is 10.5 Å². The molecule has 0 saturated carbocycles. The lowest BCUT2D eigenvalue weighted by molar-refractivity contribution is 0.434. The van der Waals surface area contributed by atoms with Gasteiger partial charge in [0.1, 0.15) is 5.69 Å². The average Bonchev–Trinajstić information content (AvgIpc) is 2.96. The number of nitrogens with one attached hydrogen (secondary N) is 1. The SMILES string of the molecule is Clc1ccc(-c2cc(NCc3ccc(Cl)cc3Cl)on2)cc1. The van der Waals surface area contributed by atoms with Gasteiger partial charge in [-0.05, 0) is 29.8 Å². The Hall–Kier alpha value is -1.68. The van der Waals surface area contributed by atoms with E-state index in [4.69, 9.17) is 39.3 Å². The van der Waals surface area contributed by atoms with Gasteiger partial charge in [0.05, 0.1) is 0 Å². The van der Waals surface area contributed by atoms with Gasteiger partial charge in [0.25, 0.3) is 0 Å². The molecule has 0 aliphatic carbocycles. The minimum atomic E-state index is 0.519. The Kier molecular flexibility index (Phi) is 4.57. The molecule has 2 aromatic carbocycles. The molecule has 0 fully saturated rings. The van der Waals surface area contributed by atoms with Gasteiger partial charge < -0.3 is 9.84 Å². The Morgan fingerprint density at radius 1 is 0.909 bits per heavy atom. The van der Waals surface area contributed by atoms with Crippen molar-refractivity contribution in [1.29, 1.82) is 0 Å². The fourth-order valence-corrected chi connectivity index (χ4v) is 2.56. The normalized spacial score (nSPS) is 10.7. The second kappa shape index (κ2) is 6.61. The Balaban J connectivity index is 1.70. The van der Waals surface area contributed by atoms with E-state index >= 15 is 0 Å². The lowest BCUT2D eigenvalue weighted by Crippen LogP contribution is -1.98. The van der Waals surface area contributed by atoms with Gasteiger partial charge in [-0.3, -0.25) is 0 Å². The Morgan fingerprint density at radius 3 is 2.36 bits per heavy atom. The number of halogens is 3. The van der Waals surface area contributed by atoms with Crippen molar-refractivity contribution >= 4 is 40.7 Å². The van der Waals surface area contributed by atoms with Gasteiger partial charge in [-0.1, -0.05) is 58.2 Å². The van der Waals surface area contributed by atoms with Crippen molar-refractivity contribution in [2.24, 2.45) is 0 Å². The smallest absolute Gasteiger partial charge is 0.225 e. The molecule has 0 saturated heterocycles. The first-order valence-corrected chi connectivity index (χ1v) is 7.66. The van der Waals surface area contributed by atoms with Gasteiger partial charge in [-0.15, -0.1) is 0 Å². The molecule has 1 aromatic heterocycles. The molecule has 22 heavy (non-hydrogen) atoms. The van der Waals surface area contributed by atoms with E-state index in [1.807, 2.05) is 36.4 Å². The van der Waals surface area contributed by atoms with Crippen LogP contribution in [0.4, 0.5) is 5.88 Å². The zero-order valence-corrected chi connectivity index (χ0v) is 13.6. The van der Waals surface area contributed by atoms with Gasteiger partial charge in [0.15, 0.2) is 0 Å². The number of rotatable bonds is 4. The third-order valence-electron chi connectivity index (χ3n) is 3.12. The first-order valence-electron chi connectivity index (χ1n) is 6.52. The lowest BCUT2D eigenvalue weighted by atomic mass is 10.1. The van der Waals surface area contributed by atoms with Gasteiger partial charge >= 0.3 is 0 Å². The standard InChI is InChI=1S/C16H11Cl3N2O/c17-12-4-1-10(2-5-12)15-8-16(22-21-15)20-9-11-3-6-13(18)7-14(11)19/h1-8,20H,9H2. The molecule has 1 N–H and O–H groups in total. The van der Waals surface area contributed by atoms with E-state index in [-0.39, 0.29) is 0 Å². The van der Waals surface area contributed by atoms with E-state index in [1.54, 1.807) is 12.1 Å². The van der Waals surface area contributed by atoms with Crippen molar-refractivity contribution < 1.29 is 4.52 Å². The highest BCUT2D eigenvalue weighted by Gasteiger charge is 2.07. The number of anilines is 1. The fourth-order valence-electron chi connectivity index (χ4n) is 1.96. The first kappa shape index (κ1) is 15.2. The van der Waals surface area contributed by atoms with Crippen molar-refractivity contribution in [2.45, 2.75) is 6.54 Å². The largest absolute Gasteiger partial charge is 0.350 e. The van der Waals surface area contributed by atoms with E-state index < -0.39 is 0 Å². The molecule has 0 atom stereocenters. The second-order valence-corrected chi connectivity index (χ2v) is 5.95. The quantitative estimate of drug-likeness (QED) is 0.633. The van der Waals surface area contributed by atoms with E-state index in [0.29, 0.717) is 27.5 Å². The van der Waals surface area contributed by atoms with Crippen molar-refractivity contribution in [3.05, 3.63) is 69.2 Å². The van der Waals surface area contributed by atoms with Crippen LogP contribution in [0.3, 0.4) is 0 Å². The van der Waals surface area contributed by atoms with Gasteiger partial charge in [0.2, 0.25) is 5.88 Å². The minimum absolute atomic E-state index is 0.519. The minimum Gasteiger partial charge on any atom is -0.350 e. The Morgan fingerprint density at radius 2 is 1.64 bits per heavy atom. The van der Waals surface area contributed by atoms with Crippen LogP contribution < -0.4 is 5.32 Å². The molecule has 0 amide bonds. The molecule has 0 bridgehead atoms. The molecule has 1 heterocycles. The maximum atomic E-state index is 6.13. The third-order valence-corrected chi connectivity index (χ3v) is 3.96. The van der Waals surface area contributed by atoms with Crippen molar-refractivity contribution in [3.8, 4) is 11.3 Å².